The minimum atomic E-state index is -0.508. The highest BCUT2D eigenvalue weighted by Crippen LogP contribution is 2.23. The molecule has 2 aromatic rings. The highest BCUT2D eigenvalue weighted by Gasteiger charge is 2.32. The lowest BCUT2D eigenvalue weighted by Gasteiger charge is -2.33. The first-order chi connectivity index (χ1) is 11.1. The molecule has 1 aliphatic rings. The average molecular weight is 321 g/mol. The van der Waals surface area contributed by atoms with E-state index in [9.17, 15) is 9.18 Å². The predicted molar refractivity (Wildman–Crippen MR) is 76.2 cm³/mol. The van der Waals surface area contributed by atoms with Crippen LogP contribution in [0.3, 0.4) is 0 Å². The first kappa shape index (κ1) is 15.4. The molecule has 1 saturated heterocycles. The molecule has 1 atom stereocenters. The lowest BCUT2D eigenvalue weighted by molar-refractivity contribution is -0.143. The lowest BCUT2D eigenvalue weighted by Crippen LogP contribution is -2.45. The Morgan fingerprint density at radius 3 is 3.00 bits per heavy atom. The zero-order valence-corrected chi connectivity index (χ0v) is 12.6. The van der Waals surface area contributed by atoms with Crippen LogP contribution >= 0.6 is 0 Å². The van der Waals surface area contributed by atoms with Crippen molar-refractivity contribution in [3.05, 3.63) is 41.9 Å². The molecule has 0 saturated carbocycles. The molecule has 1 aliphatic heterocycles. The molecule has 0 N–H and O–H groups in total. The summed E-state index contributed by atoms with van der Waals surface area (Å²) in [6, 6.07) is 5.49. The molecule has 23 heavy (non-hydrogen) atoms. The van der Waals surface area contributed by atoms with Crippen LogP contribution in [-0.4, -0.2) is 47.4 Å². The maximum absolute atomic E-state index is 13.5. The van der Waals surface area contributed by atoms with E-state index in [4.69, 9.17) is 13.9 Å². The Hall–Kier alpha value is -2.48. The molecule has 0 aliphatic carbocycles. The van der Waals surface area contributed by atoms with E-state index in [-0.39, 0.29) is 24.9 Å². The van der Waals surface area contributed by atoms with E-state index in [2.05, 4.69) is 10.2 Å². The molecule has 1 aromatic heterocycles. The fourth-order valence-electron chi connectivity index (χ4n) is 2.34. The Morgan fingerprint density at radius 2 is 2.26 bits per heavy atom. The number of aryl methyl sites for hydroxylation is 1. The van der Waals surface area contributed by atoms with Gasteiger partial charge in [-0.3, -0.25) is 4.79 Å². The van der Waals surface area contributed by atoms with Gasteiger partial charge < -0.3 is 18.8 Å². The average Bonchev–Trinajstić information content (AvgIpc) is 3.00. The molecule has 1 aromatic carbocycles. The second kappa shape index (κ2) is 6.74. The third-order valence-electron chi connectivity index (χ3n) is 3.46. The molecule has 0 bridgehead atoms. The molecule has 0 radical (unpaired) electrons. The second-order valence-electron chi connectivity index (χ2n) is 5.06. The summed E-state index contributed by atoms with van der Waals surface area (Å²) in [5.41, 5.74) is 0. The number of hydrogen-bond acceptors (Lipinski definition) is 6. The number of benzene rings is 1. The van der Waals surface area contributed by atoms with Crippen molar-refractivity contribution in [2.24, 2.45) is 0 Å². The monoisotopic (exact) mass is 321 g/mol. The van der Waals surface area contributed by atoms with Crippen molar-refractivity contribution in [3.8, 4) is 5.75 Å². The number of morpholine rings is 1. The van der Waals surface area contributed by atoms with Gasteiger partial charge in [-0.1, -0.05) is 12.1 Å². The Kier molecular flexibility index (Phi) is 4.52. The number of para-hydroxylation sites is 1. The number of nitrogens with zero attached hydrogens (tertiary/aromatic N) is 3. The van der Waals surface area contributed by atoms with Crippen molar-refractivity contribution in [1.29, 1.82) is 0 Å². The Labute approximate surface area is 132 Å². The Morgan fingerprint density at radius 1 is 1.43 bits per heavy atom. The van der Waals surface area contributed by atoms with Gasteiger partial charge in [0.15, 0.2) is 18.2 Å². The van der Waals surface area contributed by atoms with E-state index < -0.39 is 11.9 Å². The minimum Gasteiger partial charge on any atom is -0.481 e. The number of hydrogen-bond donors (Lipinski definition) is 0. The maximum atomic E-state index is 13.5. The van der Waals surface area contributed by atoms with Crippen LogP contribution in [0.4, 0.5) is 4.39 Å². The van der Waals surface area contributed by atoms with Gasteiger partial charge >= 0.3 is 0 Å². The second-order valence-corrected chi connectivity index (χ2v) is 5.06. The summed E-state index contributed by atoms with van der Waals surface area (Å²) in [7, 11) is 0. The van der Waals surface area contributed by atoms with E-state index in [0.717, 1.165) is 0 Å². The van der Waals surface area contributed by atoms with Crippen molar-refractivity contribution in [2.75, 3.05) is 26.4 Å². The quantitative estimate of drug-likeness (QED) is 0.849. The number of carbonyl (C=O) groups is 1. The van der Waals surface area contributed by atoms with Gasteiger partial charge in [0.1, 0.15) is 6.04 Å². The van der Waals surface area contributed by atoms with Crippen molar-refractivity contribution in [3.63, 3.8) is 0 Å². The summed E-state index contributed by atoms with van der Waals surface area (Å²) < 4.78 is 29.6. The molecular weight excluding hydrogens is 305 g/mol. The first-order valence-electron chi connectivity index (χ1n) is 7.19. The molecule has 3 rings (SSSR count). The van der Waals surface area contributed by atoms with Gasteiger partial charge in [-0.05, 0) is 12.1 Å². The van der Waals surface area contributed by atoms with Gasteiger partial charge in [0.2, 0.25) is 11.8 Å². The summed E-state index contributed by atoms with van der Waals surface area (Å²) in [5, 5.41) is 7.71. The maximum Gasteiger partial charge on any atom is 0.261 e. The fraction of sp³-hybridized carbons (Fsp3) is 0.400. The van der Waals surface area contributed by atoms with Crippen molar-refractivity contribution < 1.29 is 23.1 Å². The van der Waals surface area contributed by atoms with Crippen molar-refractivity contribution in [2.45, 2.75) is 13.0 Å². The molecule has 8 heteroatoms. The van der Waals surface area contributed by atoms with Crippen molar-refractivity contribution in [1.82, 2.24) is 15.1 Å². The summed E-state index contributed by atoms with van der Waals surface area (Å²) in [4.78, 5) is 14.0. The zero-order valence-electron chi connectivity index (χ0n) is 12.6. The number of halogens is 1. The van der Waals surface area contributed by atoms with Gasteiger partial charge in [-0.25, -0.2) is 4.39 Å². The van der Waals surface area contributed by atoms with Gasteiger partial charge in [-0.2, -0.15) is 0 Å². The van der Waals surface area contributed by atoms with Gasteiger partial charge in [-0.15, -0.1) is 10.2 Å². The summed E-state index contributed by atoms with van der Waals surface area (Å²) >= 11 is 0. The van der Waals surface area contributed by atoms with E-state index in [0.29, 0.717) is 24.9 Å². The van der Waals surface area contributed by atoms with Gasteiger partial charge in [0.25, 0.3) is 5.91 Å². The number of rotatable bonds is 4. The van der Waals surface area contributed by atoms with Crippen molar-refractivity contribution >= 4 is 5.91 Å². The first-order valence-corrected chi connectivity index (χ1v) is 7.19. The molecular formula is C15H16FN3O4. The zero-order chi connectivity index (χ0) is 16.2. The molecule has 122 valence electrons. The van der Waals surface area contributed by atoms with E-state index in [1.54, 1.807) is 24.0 Å². The topological polar surface area (TPSA) is 77.7 Å². The molecule has 7 nitrogen and oxygen atoms in total. The molecule has 1 amide bonds. The van der Waals surface area contributed by atoms with Crippen LogP contribution < -0.4 is 4.74 Å². The minimum absolute atomic E-state index is 0.0410. The normalized spacial score (nSPS) is 18.0. The van der Waals surface area contributed by atoms with Gasteiger partial charge in [0.05, 0.1) is 13.2 Å². The third kappa shape index (κ3) is 3.48. The highest BCUT2D eigenvalue weighted by molar-refractivity contribution is 5.78. The standard InChI is InChI=1S/C15H16FN3O4/c1-10-17-18-15(23-10)12-8-21-7-6-19(12)14(20)9-22-13-5-3-2-4-11(13)16/h2-5,12H,6-9H2,1H3/t12-/m1/s1. The molecule has 2 heterocycles. The predicted octanol–water partition coefficient (Wildman–Crippen LogP) is 1.50. The number of carbonyl (C=O) groups excluding carboxylic acids is 1. The van der Waals surface area contributed by atoms with Crippen LogP contribution in [0.15, 0.2) is 28.7 Å². The van der Waals surface area contributed by atoms with Crippen LogP contribution in [0.25, 0.3) is 0 Å². The van der Waals surface area contributed by atoms with E-state index >= 15 is 0 Å². The van der Waals surface area contributed by atoms with Crippen LogP contribution in [0.1, 0.15) is 17.8 Å². The smallest absolute Gasteiger partial charge is 0.261 e. The number of ether oxygens (including phenoxy) is 2. The fourth-order valence-corrected chi connectivity index (χ4v) is 2.34. The summed E-state index contributed by atoms with van der Waals surface area (Å²) in [6.45, 7) is 2.46. The Bertz CT molecular complexity index is 691. The summed E-state index contributed by atoms with van der Waals surface area (Å²) in [6.07, 6.45) is 0. The SMILES string of the molecule is Cc1nnc([C@H]2COCCN2C(=O)COc2ccccc2F)o1. The van der Waals surface area contributed by atoms with Crippen LogP contribution in [-0.2, 0) is 9.53 Å². The summed E-state index contributed by atoms with van der Waals surface area (Å²) in [5.74, 6) is -0.0231. The lowest BCUT2D eigenvalue weighted by atomic mass is 10.2. The number of aromatic nitrogens is 2. The van der Waals surface area contributed by atoms with Crippen LogP contribution in [0, 0.1) is 12.7 Å². The highest BCUT2D eigenvalue weighted by atomic mass is 19.1. The largest absolute Gasteiger partial charge is 0.481 e. The van der Waals surface area contributed by atoms with Crippen LogP contribution in [0.5, 0.6) is 5.75 Å². The molecule has 1 fully saturated rings. The molecule has 0 spiro atoms. The van der Waals surface area contributed by atoms with Gasteiger partial charge in [0, 0.05) is 13.5 Å². The molecule has 0 unspecified atom stereocenters. The third-order valence-corrected chi connectivity index (χ3v) is 3.46. The Balaban J connectivity index is 1.68. The van der Waals surface area contributed by atoms with Crippen LogP contribution in [0.2, 0.25) is 0 Å². The number of amides is 1. The van der Waals surface area contributed by atoms with E-state index in [1.165, 1.54) is 12.1 Å². The van der Waals surface area contributed by atoms with E-state index in [1.807, 2.05) is 0 Å².